The van der Waals surface area contributed by atoms with Gasteiger partial charge in [0.25, 0.3) is 0 Å². The predicted molar refractivity (Wildman–Crippen MR) is 99.0 cm³/mol. The Kier molecular flexibility index (Phi) is 5.31. The van der Waals surface area contributed by atoms with Crippen LogP contribution in [-0.4, -0.2) is 24.1 Å². The van der Waals surface area contributed by atoms with Crippen LogP contribution in [0.15, 0.2) is 24.3 Å². The summed E-state index contributed by atoms with van der Waals surface area (Å²) in [4.78, 5) is 36.8. The predicted octanol–water partition coefficient (Wildman–Crippen LogP) is 4.11. The summed E-state index contributed by atoms with van der Waals surface area (Å²) in [5.74, 6) is -0.393. The third kappa shape index (κ3) is 4.05. The van der Waals surface area contributed by atoms with Crippen LogP contribution < -0.4 is 0 Å². The molecule has 0 N–H and O–H groups in total. The molecular formula is C22H28O4. The maximum Gasteiger partial charge on any atom is 0.309 e. The van der Waals surface area contributed by atoms with Crippen LogP contribution in [0.5, 0.6) is 0 Å². The lowest BCUT2D eigenvalue weighted by atomic mass is 9.67. The Labute approximate surface area is 155 Å². The molecule has 2 aliphatic carbocycles. The van der Waals surface area contributed by atoms with Crippen LogP contribution in [0, 0.1) is 17.8 Å². The van der Waals surface area contributed by atoms with Crippen LogP contribution in [0.3, 0.4) is 0 Å². The highest BCUT2D eigenvalue weighted by Crippen LogP contribution is 2.40. The van der Waals surface area contributed by atoms with Crippen molar-refractivity contribution in [3.8, 4) is 0 Å². The summed E-state index contributed by atoms with van der Waals surface area (Å²) in [7, 11) is 0. The van der Waals surface area contributed by atoms with E-state index in [-0.39, 0.29) is 41.5 Å². The van der Waals surface area contributed by atoms with Crippen molar-refractivity contribution in [2.75, 3.05) is 6.61 Å². The Balaban J connectivity index is 1.54. The number of ether oxygens (including phenoxy) is 1. The lowest BCUT2D eigenvalue weighted by Gasteiger charge is -2.36. The zero-order chi connectivity index (χ0) is 18.9. The van der Waals surface area contributed by atoms with E-state index >= 15 is 0 Å². The number of ketones is 2. The van der Waals surface area contributed by atoms with Gasteiger partial charge in [0.15, 0.2) is 12.4 Å². The maximum atomic E-state index is 12.4. The molecule has 2 saturated carbocycles. The Hall–Kier alpha value is -1.97. The molecule has 140 valence electrons. The second-order valence-corrected chi connectivity index (χ2v) is 8.75. The molecule has 4 nitrogen and oxygen atoms in total. The Morgan fingerprint density at radius 2 is 1.62 bits per heavy atom. The van der Waals surface area contributed by atoms with E-state index in [0.29, 0.717) is 24.2 Å². The largest absolute Gasteiger partial charge is 0.457 e. The number of carbonyl (C=O) groups excluding carboxylic acids is 3. The molecule has 2 aliphatic rings. The summed E-state index contributed by atoms with van der Waals surface area (Å²) in [6.07, 6.45) is 4.02. The summed E-state index contributed by atoms with van der Waals surface area (Å²) >= 11 is 0. The summed E-state index contributed by atoms with van der Waals surface area (Å²) < 4.78 is 5.30. The lowest BCUT2D eigenvalue weighted by molar-refractivity contribution is -0.152. The number of esters is 1. The number of carbonyl (C=O) groups is 3. The fourth-order valence-electron chi connectivity index (χ4n) is 4.17. The third-order valence-corrected chi connectivity index (χ3v) is 5.80. The zero-order valence-electron chi connectivity index (χ0n) is 15.9. The van der Waals surface area contributed by atoms with E-state index in [4.69, 9.17) is 4.74 Å². The summed E-state index contributed by atoms with van der Waals surface area (Å²) in [6, 6.07) is 7.48. The van der Waals surface area contributed by atoms with Gasteiger partial charge < -0.3 is 4.74 Å². The fraction of sp³-hybridized carbons (Fsp3) is 0.591. The molecule has 0 radical (unpaired) electrons. The van der Waals surface area contributed by atoms with Crippen molar-refractivity contribution in [2.45, 2.75) is 58.3 Å². The van der Waals surface area contributed by atoms with Crippen LogP contribution >= 0.6 is 0 Å². The first kappa shape index (κ1) is 18.8. The molecule has 2 fully saturated rings. The number of Topliss-reactive ketones (excluding diaryl/α,β-unsaturated/α-hetero) is 2. The number of fused-ring (bicyclic) bond motifs is 2. The van der Waals surface area contributed by atoms with Crippen molar-refractivity contribution >= 4 is 17.5 Å². The van der Waals surface area contributed by atoms with Crippen molar-refractivity contribution < 1.29 is 19.1 Å². The second kappa shape index (κ2) is 7.34. The molecule has 1 aromatic rings. The van der Waals surface area contributed by atoms with E-state index in [1.165, 1.54) is 0 Å². The minimum absolute atomic E-state index is 0.0145. The third-order valence-electron chi connectivity index (χ3n) is 5.80. The molecule has 3 rings (SSSR count). The van der Waals surface area contributed by atoms with Gasteiger partial charge in [0.05, 0.1) is 5.92 Å². The Morgan fingerprint density at radius 3 is 2.15 bits per heavy atom. The molecule has 4 heteroatoms. The average molecular weight is 356 g/mol. The molecule has 0 saturated heterocycles. The first-order valence-electron chi connectivity index (χ1n) is 9.60. The minimum Gasteiger partial charge on any atom is -0.457 e. The topological polar surface area (TPSA) is 60.4 Å². The average Bonchev–Trinajstić information content (AvgIpc) is 2.58. The highest BCUT2D eigenvalue weighted by molar-refractivity contribution is 5.98. The SMILES string of the molecule is CC(C)(C)c1ccc(C(=O)COC(=O)C2C[C@H]3CCC[C@H](C2)C3=O)cc1. The van der Waals surface area contributed by atoms with Gasteiger partial charge in [-0.3, -0.25) is 14.4 Å². The van der Waals surface area contributed by atoms with Crippen molar-refractivity contribution in [3.63, 3.8) is 0 Å². The molecule has 0 spiro atoms. The molecule has 0 amide bonds. The number of benzene rings is 1. The maximum absolute atomic E-state index is 12.4. The van der Waals surface area contributed by atoms with Crippen LogP contribution in [0.4, 0.5) is 0 Å². The van der Waals surface area contributed by atoms with Gasteiger partial charge >= 0.3 is 5.97 Å². The van der Waals surface area contributed by atoms with Gasteiger partial charge in [0, 0.05) is 17.4 Å². The molecule has 0 aliphatic heterocycles. The first-order chi connectivity index (χ1) is 12.3. The van der Waals surface area contributed by atoms with Crippen LogP contribution in [0.1, 0.15) is 68.8 Å². The van der Waals surface area contributed by atoms with Gasteiger partial charge in [-0.1, -0.05) is 51.5 Å². The number of hydrogen-bond acceptors (Lipinski definition) is 4. The quantitative estimate of drug-likeness (QED) is 0.602. The number of hydrogen-bond donors (Lipinski definition) is 0. The van der Waals surface area contributed by atoms with Crippen molar-refractivity contribution in [2.24, 2.45) is 17.8 Å². The monoisotopic (exact) mass is 356 g/mol. The van der Waals surface area contributed by atoms with Crippen molar-refractivity contribution in [1.29, 1.82) is 0 Å². The second-order valence-electron chi connectivity index (χ2n) is 8.75. The molecular weight excluding hydrogens is 328 g/mol. The first-order valence-corrected chi connectivity index (χ1v) is 9.60. The van der Waals surface area contributed by atoms with E-state index in [2.05, 4.69) is 20.8 Å². The summed E-state index contributed by atoms with van der Waals surface area (Å²) in [6.45, 7) is 6.13. The number of rotatable bonds is 4. The molecule has 2 bridgehead atoms. The highest BCUT2D eigenvalue weighted by atomic mass is 16.5. The van der Waals surface area contributed by atoms with E-state index < -0.39 is 0 Å². The summed E-state index contributed by atoms with van der Waals surface area (Å²) in [5, 5.41) is 0. The molecule has 0 aromatic heterocycles. The van der Waals surface area contributed by atoms with Gasteiger partial charge in [-0.15, -0.1) is 0 Å². The van der Waals surface area contributed by atoms with E-state index in [9.17, 15) is 14.4 Å². The Morgan fingerprint density at radius 1 is 1.04 bits per heavy atom. The van der Waals surface area contributed by atoms with Crippen LogP contribution in [0.25, 0.3) is 0 Å². The Bertz CT molecular complexity index is 680. The van der Waals surface area contributed by atoms with Gasteiger partial charge in [0.1, 0.15) is 5.78 Å². The molecule has 26 heavy (non-hydrogen) atoms. The lowest BCUT2D eigenvalue weighted by Crippen LogP contribution is -2.39. The van der Waals surface area contributed by atoms with E-state index in [1.54, 1.807) is 12.1 Å². The van der Waals surface area contributed by atoms with Crippen molar-refractivity contribution in [3.05, 3.63) is 35.4 Å². The smallest absolute Gasteiger partial charge is 0.309 e. The van der Waals surface area contributed by atoms with Gasteiger partial charge in [-0.2, -0.15) is 0 Å². The zero-order valence-corrected chi connectivity index (χ0v) is 15.9. The molecule has 1 aromatic carbocycles. The fourth-order valence-corrected chi connectivity index (χ4v) is 4.17. The van der Waals surface area contributed by atoms with Gasteiger partial charge in [-0.05, 0) is 36.7 Å². The molecule has 0 heterocycles. The molecule has 0 unspecified atom stereocenters. The van der Waals surface area contributed by atoms with E-state index in [0.717, 1.165) is 24.8 Å². The van der Waals surface area contributed by atoms with Gasteiger partial charge in [-0.25, -0.2) is 0 Å². The molecule has 2 atom stereocenters. The minimum atomic E-state index is -0.325. The normalized spacial score (nSPS) is 25.7. The highest BCUT2D eigenvalue weighted by Gasteiger charge is 2.41. The van der Waals surface area contributed by atoms with E-state index in [1.807, 2.05) is 12.1 Å². The summed E-state index contributed by atoms with van der Waals surface area (Å²) in [5.41, 5.74) is 1.75. The van der Waals surface area contributed by atoms with Crippen LogP contribution in [-0.2, 0) is 19.7 Å². The standard InChI is InChI=1S/C22H28O4/c1-22(2,3)18-9-7-14(8-10-18)19(23)13-26-21(25)17-11-15-5-4-6-16(12-17)20(15)24/h7-10,15-17H,4-6,11-13H2,1-3H3/t15-,16-/m1/s1. The van der Waals surface area contributed by atoms with Crippen molar-refractivity contribution in [1.82, 2.24) is 0 Å². The van der Waals surface area contributed by atoms with Gasteiger partial charge in [0.2, 0.25) is 0 Å². The van der Waals surface area contributed by atoms with Crippen LogP contribution in [0.2, 0.25) is 0 Å².